The molecule has 1 aliphatic heterocycles. The summed E-state index contributed by atoms with van der Waals surface area (Å²) in [5.41, 5.74) is 0.819. The quantitative estimate of drug-likeness (QED) is 0.717. The second-order valence-electron chi connectivity index (χ2n) is 5.96. The maximum atomic E-state index is 12.6. The van der Waals surface area contributed by atoms with Gasteiger partial charge in [-0.3, -0.25) is 14.4 Å². The van der Waals surface area contributed by atoms with Crippen LogP contribution in [-0.4, -0.2) is 34.7 Å². The van der Waals surface area contributed by atoms with Crippen LogP contribution in [0.15, 0.2) is 48.5 Å². The molecule has 2 aromatic rings. The number of carboxylic acid groups (broad SMARTS) is 1. The molecule has 1 atom stereocenters. The van der Waals surface area contributed by atoms with E-state index in [1.165, 1.54) is 24.3 Å². The van der Waals surface area contributed by atoms with E-state index in [1.807, 2.05) is 0 Å². The fourth-order valence-corrected chi connectivity index (χ4v) is 3.72. The first-order valence-corrected chi connectivity index (χ1v) is 9.63. The van der Waals surface area contributed by atoms with Crippen LogP contribution in [0.3, 0.4) is 0 Å². The Morgan fingerprint density at radius 1 is 1.11 bits per heavy atom. The summed E-state index contributed by atoms with van der Waals surface area (Å²) in [6.45, 7) is 0. The fraction of sp³-hybridized carbons (Fsp3) is 0.158. The molecule has 0 spiro atoms. The SMILES string of the molecule is O=C(CSC1CC(=O)N(c2ccc(C(=O)[O-])cc2)C1=O)Nc1ccc(Cl)cc1. The van der Waals surface area contributed by atoms with Gasteiger partial charge in [-0.05, 0) is 42.0 Å². The third kappa shape index (κ3) is 4.52. The highest BCUT2D eigenvalue weighted by Crippen LogP contribution is 2.30. The molecule has 28 heavy (non-hydrogen) atoms. The molecule has 1 N–H and O–H groups in total. The topological polar surface area (TPSA) is 107 Å². The zero-order chi connectivity index (χ0) is 20.3. The van der Waals surface area contributed by atoms with Crippen molar-refractivity contribution in [3.8, 4) is 0 Å². The lowest BCUT2D eigenvalue weighted by atomic mass is 10.2. The number of nitrogens with zero attached hydrogens (tertiary/aromatic N) is 1. The Labute approximate surface area is 169 Å². The van der Waals surface area contributed by atoms with Gasteiger partial charge in [0.25, 0.3) is 0 Å². The van der Waals surface area contributed by atoms with Crippen LogP contribution in [-0.2, 0) is 14.4 Å². The summed E-state index contributed by atoms with van der Waals surface area (Å²) in [6, 6.07) is 11.9. The van der Waals surface area contributed by atoms with Crippen LogP contribution >= 0.6 is 23.4 Å². The molecular weight excluding hydrogens is 404 g/mol. The highest BCUT2D eigenvalue weighted by molar-refractivity contribution is 8.01. The Balaban J connectivity index is 1.59. The van der Waals surface area contributed by atoms with E-state index in [1.54, 1.807) is 24.3 Å². The van der Waals surface area contributed by atoms with Crippen molar-refractivity contribution in [2.75, 3.05) is 16.0 Å². The molecule has 1 heterocycles. The number of nitrogens with one attached hydrogen (secondary N) is 1. The lowest BCUT2D eigenvalue weighted by Gasteiger charge is -2.15. The third-order valence-electron chi connectivity index (χ3n) is 4.01. The lowest BCUT2D eigenvalue weighted by Crippen LogP contribution is -2.31. The summed E-state index contributed by atoms with van der Waals surface area (Å²) in [5, 5.41) is 13.4. The molecule has 144 valence electrons. The number of hydrogen-bond donors (Lipinski definition) is 1. The van der Waals surface area contributed by atoms with E-state index in [9.17, 15) is 24.3 Å². The largest absolute Gasteiger partial charge is 0.545 e. The predicted molar refractivity (Wildman–Crippen MR) is 104 cm³/mol. The van der Waals surface area contributed by atoms with Crippen molar-refractivity contribution in [2.45, 2.75) is 11.7 Å². The number of carboxylic acids is 1. The summed E-state index contributed by atoms with van der Waals surface area (Å²) in [6.07, 6.45) is -0.0278. The highest BCUT2D eigenvalue weighted by atomic mass is 35.5. The molecular formula is C19H14ClN2O5S-. The van der Waals surface area contributed by atoms with Crippen LogP contribution in [0, 0.1) is 0 Å². The van der Waals surface area contributed by atoms with Gasteiger partial charge in [0.15, 0.2) is 0 Å². The summed E-state index contributed by atoms with van der Waals surface area (Å²) in [7, 11) is 0. The molecule has 0 radical (unpaired) electrons. The molecule has 0 bridgehead atoms. The van der Waals surface area contributed by atoms with Crippen LogP contribution in [0.5, 0.6) is 0 Å². The Morgan fingerprint density at radius 2 is 1.75 bits per heavy atom. The zero-order valence-corrected chi connectivity index (χ0v) is 16.0. The molecule has 0 aromatic heterocycles. The molecule has 2 aromatic carbocycles. The van der Waals surface area contributed by atoms with Gasteiger partial charge in [-0.15, -0.1) is 11.8 Å². The standard InChI is InChI=1S/C19H15ClN2O5S/c20-12-3-5-13(6-4-12)21-16(23)10-28-15-9-17(24)22(18(15)25)14-7-1-11(2-8-14)19(26)27/h1-8,15H,9-10H2,(H,21,23)(H,26,27)/p-1. The maximum absolute atomic E-state index is 12.6. The van der Waals surface area contributed by atoms with Gasteiger partial charge in [-0.2, -0.15) is 0 Å². The number of anilines is 2. The van der Waals surface area contributed by atoms with Crippen LogP contribution < -0.4 is 15.3 Å². The summed E-state index contributed by atoms with van der Waals surface area (Å²) < 4.78 is 0. The van der Waals surface area contributed by atoms with Crippen LogP contribution in [0.25, 0.3) is 0 Å². The van der Waals surface area contributed by atoms with E-state index in [0.29, 0.717) is 10.7 Å². The highest BCUT2D eigenvalue weighted by Gasteiger charge is 2.40. The molecule has 9 heteroatoms. The lowest BCUT2D eigenvalue weighted by molar-refractivity contribution is -0.255. The second kappa shape index (κ2) is 8.45. The van der Waals surface area contributed by atoms with Crippen molar-refractivity contribution in [1.82, 2.24) is 0 Å². The number of hydrogen-bond acceptors (Lipinski definition) is 6. The summed E-state index contributed by atoms with van der Waals surface area (Å²) in [4.78, 5) is 48.7. The molecule has 1 saturated heterocycles. The fourth-order valence-electron chi connectivity index (χ4n) is 2.66. The van der Waals surface area contributed by atoms with Crippen LogP contribution in [0.2, 0.25) is 5.02 Å². The molecule has 1 aliphatic rings. The first-order valence-electron chi connectivity index (χ1n) is 8.20. The van der Waals surface area contributed by atoms with Crippen molar-refractivity contribution >= 4 is 58.4 Å². The van der Waals surface area contributed by atoms with Crippen molar-refractivity contribution in [1.29, 1.82) is 0 Å². The van der Waals surface area contributed by atoms with Gasteiger partial charge in [-0.1, -0.05) is 23.7 Å². The monoisotopic (exact) mass is 417 g/mol. The van der Waals surface area contributed by atoms with Crippen LogP contribution in [0.4, 0.5) is 11.4 Å². The molecule has 7 nitrogen and oxygen atoms in total. The first kappa shape index (κ1) is 19.9. The van der Waals surface area contributed by atoms with Gasteiger partial charge in [0.05, 0.1) is 22.7 Å². The summed E-state index contributed by atoms with van der Waals surface area (Å²) in [5.74, 6) is -2.48. The first-order chi connectivity index (χ1) is 13.3. The van der Waals surface area contributed by atoms with E-state index < -0.39 is 23.0 Å². The van der Waals surface area contributed by atoms with Gasteiger partial charge in [-0.25, -0.2) is 4.90 Å². The van der Waals surface area contributed by atoms with E-state index >= 15 is 0 Å². The Hall–Kier alpha value is -2.84. The normalized spacial score (nSPS) is 16.3. The van der Waals surface area contributed by atoms with E-state index in [0.717, 1.165) is 16.7 Å². The minimum Gasteiger partial charge on any atom is -0.545 e. The maximum Gasteiger partial charge on any atom is 0.247 e. The van der Waals surface area contributed by atoms with Gasteiger partial charge in [0.1, 0.15) is 0 Å². The number of imide groups is 1. The molecule has 0 aliphatic carbocycles. The second-order valence-corrected chi connectivity index (χ2v) is 7.59. The van der Waals surface area contributed by atoms with Crippen molar-refractivity contribution in [2.24, 2.45) is 0 Å². The minimum atomic E-state index is -1.34. The Morgan fingerprint density at radius 3 is 2.36 bits per heavy atom. The van der Waals surface area contributed by atoms with Gasteiger partial charge in [0, 0.05) is 17.1 Å². The molecule has 0 saturated carbocycles. The van der Waals surface area contributed by atoms with Crippen molar-refractivity contribution in [3.63, 3.8) is 0 Å². The van der Waals surface area contributed by atoms with E-state index in [-0.39, 0.29) is 29.3 Å². The third-order valence-corrected chi connectivity index (χ3v) is 5.46. The number of carbonyl (C=O) groups excluding carboxylic acids is 4. The Bertz CT molecular complexity index is 930. The van der Waals surface area contributed by atoms with Gasteiger partial charge < -0.3 is 15.2 Å². The molecule has 3 rings (SSSR count). The molecule has 1 fully saturated rings. The van der Waals surface area contributed by atoms with Crippen molar-refractivity contribution < 1.29 is 24.3 Å². The number of amides is 3. The minimum absolute atomic E-state index is 0.00374. The number of benzene rings is 2. The van der Waals surface area contributed by atoms with E-state index in [4.69, 9.17) is 11.6 Å². The summed E-state index contributed by atoms with van der Waals surface area (Å²) >= 11 is 6.87. The molecule has 3 amide bonds. The van der Waals surface area contributed by atoms with Crippen LogP contribution in [0.1, 0.15) is 16.8 Å². The van der Waals surface area contributed by atoms with Crippen molar-refractivity contribution in [3.05, 3.63) is 59.1 Å². The average molecular weight is 418 g/mol. The number of aromatic carboxylic acids is 1. The van der Waals surface area contributed by atoms with E-state index in [2.05, 4.69) is 5.32 Å². The number of halogens is 1. The Kier molecular flexibility index (Phi) is 6.01. The van der Waals surface area contributed by atoms with Gasteiger partial charge in [0.2, 0.25) is 17.7 Å². The number of rotatable bonds is 6. The zero-order valence-electron chi connectivity index (χ0n) is 14.4. The predicted octanol–water partition coefficient (Wildman–Crippen LogP) is 1.71. The smallest absolute Gasteiger partial charge is 0.247 e. The molecule has 1 unspecified atom stereocenters. The average Bonchev–Trinajstić information content (AvgIpc) is 2.95. The number of thioether (sulfide) groups is 1. The number of carbonyl (C=O) groups is 4. The van der Waals surface area contributed by atoms with Gasteiger partial charge >= 0.3 is 0 Å².